The number of rotatable bonds is 0. The first-order valence-electron chi connectivity index (χ1n) is 5.04. The van der Waals surface area contributed by atoms with E-state index in [9.17, 15) is 0 Å². The summed E-state index contributed by atoms with van der Waals surface area (Å²) >= 11 is 0. The minimum Gasteiger partial charge on any atom is -0.106 e. The standard InChI is InChI=1S/C12H14.C2H4/c1-9-7-8-10(2)12-6-4-3-5-11(9)12;1-2/h3,5,7-8H,4,6H2,1-2H3;1-2H2. The molecule has 0 saturated carbocycles. The molecule has 0 heterocycles. The molecular weight excluding hydrogens is 168 g/mol. The van der Waals surface area contributed by atoms with Crippen LogP contribution in [-0.4, -0.2) is 0 Å². The van der Waals surface area contributed by atoms with Crippen molar-refractivity contribution >= 4 is 6.08 Å². The molecule has 0 atom stereocenters. The molecule has 0 unspecified atom stereocenters. The van der Waals surface area contributed by atoms with Gasteiger partial charge in [-0.1, -0.05) is 24.3 Å². The smallest absolute Gasteiger partial charge is 0.0196 e. The highest BCUT2D eigenvalue weighted by Crippen LogP contribution is 2.25. The normalized spacial score (nSPS) is 12.7. The molecule has 0 heteroatoms. The van der Waals surface area contributed by atoms with Crippen molar-refractivity contribution in [2.45, 2.75) is 26.7 Å². The Morgan fingerprint density at radius 3 is 2.36 bits per heavy atom. The van der Waals surface area contributed by atoms with Crippen LogP contribution in [0.3, 0.4) is 0 Å². The van der Waals surface area contributed by atoms with Gasteiger partial charge in [-0.2, -0.15) is 0 Å². The number of allylic oxidation sites excluding steroid dienone is 1. The minimum atomic E-state index is 1.21. The summed E-state index contributed by atoms with van der Waals surface area (Å²) in [6.07, 6.45) is 6.96. The highest BCUT2D eigenvalue weighted by Gasteiger charge is 2.08. The molecule has 0 aliphatic heterocycles. The summed E-state index contributed by atoms with van der Waals surface area (Å²) in [5.41, 5.74) is 5.87. The van der Waals surface area contributed by atoms with Gasteiger partial charge in [0, 0.05) is 0 Å². The molecule has 1 aliphatic carbocycles. The summed E-state index contributed by atoms with van der Waals surface area (Å²) in [4.78, 5) is 0. The Morgan fingerprint density at radius 1 is 1.07 bits per heavy atom. The summed E-state index contributed by atoms with van der Waals surface area (Å²) < 4.78 is 0. The second-order valence-corrected chi connectivity index (χ2v) is 3.53. The van der Waals surface area contributed by atoms with E-state index >= 15 is 0 Å². The van der Waals surface area contributed by atoms with Crippen LogP contribution in [0.2, 0.25) is 0 Å². The number of hydrogen-bond acceptors (Lipinski definition) is 0. The van der Waals surface area contributed by atoms with Crippen LogP contribution in [0, 0.1) is 13.8 Å². The van der Waals surface area contributed by atoms with Gasteiger partial charge < -0.3 is 0 Å². The van der Waals surface area contributed by atoms with Crippen molar-refractivity contribution in [1.82, 2.24) is 0 Å². The lowest BCUT2D eigenvalue weighted by Gasteiger charge is -2.15. The Bertz CT molecular complexity index is 345. The molecule has 1 aromatic rings. The third kappa shape index (κ3) is 1.95. The van der Waals surface area contributed by atoms with Crippen molar-refractivity contribution in [3.05, 3.63) is 53.6 Å². The second kappa shape index (κ2) is 4.80. The molecule has 14 heavy (non-hydrogen) atoms. The van der Waals surface area contributed by atoms with Crippen LogP contribution < -0.4 is 0 Å². The van der Waals surface area contributed by atoms with Crippen LogP contribution in [0.5, 0.6) is 0 Å². The number of aryl methyl sites for hydroxylation is 2. The third-order valence-electron chi connectivity index (χ3n) is 2.65. The predicted molar refractivity (Wildman–Crippen MR) is 64.5 cm³/mol. The monoisotopic (exact) mass is 186 g/mol. The molecule has 1 aliphatic rings. The molecule has 0 saturated heterocycles. The molecular formula is C14H18. The summed E-state index contributed by atoms with van der Waals surface area (Å²) in [6.45, 7) is 10.4. The highest BCUT2D eigenvalue weighted by molar-refractivity contribution is 5.61. The summed E-state index contributed by atoms with van der Waals surface area (Å²) in [5.74, 6) is 0. The largest absolute Gasteiger partial charge is 0.106 e. The van der Waals surface area contributed by atoms with E-state index < -0.39 is 0 Å². The molecule has 0 radical (unpaired) electrons. The van der Waals surface area contributed by atoms with E-state index in [-0.39, 0.29) is 0 Å². The van der Waals surface area contributed by atoms with Crippen molar-refractivity contribution in [3.8, 4) is 0 Å². The zero-order valence-corrected chi connectivity index (χ0v) is 9.14. The van der Waals surface area contributed by atoms with Crippen LogP contribution in [0.1, 0.15) is 28.7 Å². The Labute approximate surface area is 87.0 Å². The zero-order valence-electron chi connectivity index (χ0n) is 9.14. The minimum absolute atomic E-state index is 1.21. The fourth-order valence-electron chi connectivity index (χ4n) is 1.88. The van der Waals surface area contributed by atoms with E-state index in [0.717, 1.165) is 0 Å². The Kier molecular flexibility index (Phi) is 3.70. The first-order valence-corrected chi connectivity index (χ1v) is 5.04. The van der Waals surface area contributed by atoms with Gasteiger partial charge in [0.25, 0.3) is 0 Å². The van der Waals surface area contributed by atoms with Crippen molar-refractivity contribution in [1.29, 1.82) is 0 Å². The maximum absolute atomic E-state index is 3.00. The van der Waals surface area contributed by atoms with Gasteiger partial charge in [-0.25, -0.2) is 0 Å². The Hall–Kier alpha value is -1.30. The molecule has 0 nitrogen and oxygen atoms in total. The number of benzene rings is 1. The van der Waals surface area contributed by atoms with E-state index in [1.807, 2.05) is 0 Å². The molecule has 0 aromatic heterocycles. The molecule has 0 amide bonds. The van der Waals surface area contributed by atoms with E-state index in [1.54, 1.807) is 5.56 Å². The molecule has 0 N–H and O–H groups in total. The van der Waals surface area contributed by atoms with Crippen LogP contribution in [-0.2, 0) is 6.42 Å². The Balaban J connectivity index is 0.000000461. The van der Waals surface area contributed by atoms with Crippen molar-refractivity contribution in [3.63, 3.8) is 0 Å². The lowest BCUT2D eigenvalue weighted by atomic mass is 9.90. The van der Waals surface area contributed by atoms with Gasteiger partial charge in [-0.05, 0) is 48.9 Å². The van der Waals surface area contributed by atoms with Gasteiger partial charge in [-0.3, -0.25) is 0 Å². The molecule has 0 fully saturated rings. The molecule has 0 bridgehead atoms. The second-order valence-electron chi connectivity index (χ2n) is 3.53. The van der Waals surface area contributed by atoms with E-state index in [1.165, 1.54) is 29.5 Å². The van der Waals surface area contributed by atoms with Crippen molar-refractivity contribution in [2.75, 3.05) is 0 Å². The number of hydrogen-bond donors (Lipinski definition) is 0. The first kappa shape index (κ1) is 10.8. The zero-order chi connectivity index (χ0) is 10.6. The van der Waals surface area contributed by atoms with E-state index in [4.69, 9.17) is 0 Å². The molecule has 74 valence electrons. The van der Waals surface area contributed by atoms with Crippen LogP contribution >= 0.6 is 0 Å². The summed E-state index contributed by atoms with van der Waals surface area (Å²) in [6, 6.07) is 4.44. The van der Waals surface area contributed by atoms with Gasteiger partial charge in [0.1, 0.15) is 0 Å². The van der Waals surface area contributed by atoms with E-state index in [0.29, 0.717) is 0 Å². The molecule has 1 aromatic carbocycles. The van der Waals surface area contributed by atoms with Gasteiger partial charge in [0.2, 0.25) is 0 Å². The summed E-state index contributed by atoms with van der Waals surface area (Å²) in [7, 11) is 0. The molecule has 2 rings (SSSR count). The topological polar surface area (TPSA) is 0 Å². The van der Waals surface area contributed by atoms with Gasteiger partial charge in [0.15, 0.2) is 0 Å². The van der Waals surface area contributed by atoms with Gasteiger partial charge >= 0.3 is 0 Å². The van der Waals surface area contributed by atoms with Crippen LogP contribution in [0.15, 0.2) is 31.4 Å². The first-order chi connectivity index (χ1) is 6.79. The van der Waals surface area contributed by atoms with Crippen molar-refractivity contribution in [2.24, 2.45) is 0 Å². The average molecular weight is 186 g/mol. The predicted octanol–water partition coefficient (Wildman–Crippen LogP) is 4.07. The van der Waals surface area contributed by atoms with E-state index in [2.05, 4.69) is 51.3 Å². The quantitative estimate of drug-likeness (QED) is 0.536. The third-order valence-corrected chi connectivity index (χ3v) is 2.65. The Morgan fingerprint density at radius 2 is 1.71 bits per heavy atom. The number of fused-ring (bicyclic) bond motifs is 1. The fraction of sp³-hybridized carbons (Fsp3) is 0.286. The average Bonchev–Trinajstić information content (AvgIpc) is 2.27. The lowest BCUT2D eigenvalue weighted by molar-refractivity contribution is 0.966. The van der Waals surface area contributed by atoms with Crippen LogP contribution in [0.4, 0.5) is 0 Å². The maximum atomic E-state index is 3.00. The highest BCUT2D eigenvalue weighted by atomic mass is 14.1. The fourth-order valence-corrected chi connectivity index (χ4v) is 1.88. The van der Waals surface area contributed by atoms with Crippen LogP contribution in [0.25, 0.3) is 6.08 Å². The van der Waals surface area contributed by atoms with Crippen molar-refractivity contribution < 1.29 is 0 Å². The van der Waals surface area contributed by atoms with Gasteiger partial charge in [0.05, 0.1) is 0 Å². The summed E-state index contributed by atoms with van der Waals surface area (Å²) in [5, 5.41) is 0. The van der Waals surface area contributed by atoms with Gasteiger partial charge in [-0.15, -0.1) is 13.2 Å². The maximum Gasteiger partial charge on any atom is -0.0196 e. The lowest BCUT2D eigenvalue weighted by Crippen LogP contribution is -1.99. The SMILES string of the molecule is C=C.Cc1ccc(C)c2c1C=CCC2. The molecule has 0 spiro atoms.